The third kappa shape index (κ3) is 3.08. The average molecular weight is 320 g/mol. The van der Waals surface area contributed by atoms with Gasteiger partial charge in [-0.3, -0.25) is 4.79 Å². The van der Waals surface area contributed by atoms with Crippen molar-refractivity contribution in [3.8, 4) is 0 Å². The first-order chi connectivity index (χ1) is 7.21. The van der Waals surface area contributed by atoms with Gasteiger partial charge in [0.2, 0.25) is 0 Å². The third-order valence-corrected chi connectivity index (χ3v) is 2.46. The monoisotopic (exact) mass is 319 g/mol. The highest BCUT2D eigenvalue weighted by Crippen LogP contribution is 2.29. The molecule has 0 fully saturated rings. The second kappa shape index (κ2) is 4.58. The number of hydrogen-bond acceptors (Lipinski definition) is 1. The topological polar surface area (TPSA) is 29.1 Å². The quantitative estimate of drug-likeness (QED) is 0.620. The maximum atomic E-state index is 12.8. The molecule has 0 aliphatic rings. The van der Waals surface area contributed by atoms with Crippen LogP contribution in [0.15, 0.2) is 16.6 Å². The number of amides is 1. The van der Waals surface area contributed by atoms with Crippen molar-refractivity contribution >= 4 is 39.1 Å². The van der Waals surface area contributed by atoms with E-state index in [0.717, 1.165) is 12.1 Å². The van der Waals surface area contributed by atoms with Crippen LogP contribution in [0.1, 0.15) is 0 Å². The summed E-state index contributed by atoms with van der Waals surface area (Å²) in [6.45, 7) is 0. The number of carbonyl (C=O) groups excluding carboxylic acids is 1. The highest BCUT2D eigenvalue weighted by Gasteiger charge is 2.39. The zero-order chi connectivity index (χ0) is 12.5. The minimum absolute atomic E-state index is 0.0352. The Kier molecular flexibility index (Phi) is 3.80. The normalized spacial score (nSPS) is 11.4. The summed E-state index contributed by atoms with van der Waals surface area (Å²) in [5.74, 6) is -2.96. The second-order valence-electron chi connectivity index (χ2n) is 2.70. The van der Waals surface area contributed by atoms with E-state index in [4.69, 9.17) is 11.6 Å². The maximum absolute atomic E-state index is 12.8. The number of rotatable bonds is 1. The number of anilines is 1. The molecule has 0 spiro atoms. The minimum Gasteiger partial charge on any atom is -0.317 e. The molecule has 88 valence electrons. The molecule has 0 bridgehead atoms. The van der Waals surface area contributed by atoms with Gasteiger partial charge in [0.25, 0.3) is 0 Å². The largest absolute Gasteiger partial charge is 0.471 e. The Morgan fingerprint density at radius 1 is 1.38 bits per heavy atom. The van der Waals surface area contributed by atoms with Gasteiger partial charge in [0.1, 0.15) is 5.82 Å². The fourth-order valence-corrected chi connectivity index (χ4v) is 1.39. The first-order valence-corrected chi connectivity index (χ1v) is 4.91. The zero-order valence-electron chi connectivity index (χ0n) is 7.33. The number of halogens is 6. The molecule has 1 N–H and O–H groups in total. The van der Waals surface area contributed by atoms with Crippen LogP contribution >= 0.6 is 27.5 Å². The summed E-state index contributed by atoms with van der Waals surface area (Å²) < 4.78 is 48.5. The van der Waals surface area contributed by atoms with E-state index in [9.17, 15) is 22.4 Å². The molecule has 0 radical (unpaired) electrons. The summed E-state index contributed by atoms with van der Waals surface area (Å²) >= 11 is 8.15. The van der Waals surface area contributed by atoms with Crippen LogP contribution in [-0.4, -0.2) is 12.1 Å². The van der Waals surface area contributed by atoms with Gasteiger partial charge in [-0.15, -0.1) is 0 Å². The van der Waals surface area contributed by atoms with E-state index < -0.39 is 17.9 Å². The van der Waals surface area contributed by atoms with E-state index in [0.29, 0.717) is 0 Å². The standard InChI is InChI=1S/C8H3BrClF4NO/c9-3-1-5(11)4(10)2-6(3)15-7(16)8(12,13)14/h1-2H,(H,15,16). The van der Waals surface area contributed by atoms with Crippen LogP contribution in [0, 0.1) is 5.82 Å². The van der Waals surface area contributed by atoms with E-state index in [-0.39, 0.29) is 15.2 Å². The second-order valence-corrected chi connectivity index (χ2v) is 3.96. The van der Waals surface area contributed by atoms with Crippen LogP contribution in [0.2, 0.25) is 5.02 Å². The Labute approximate surface area is 101 Å². The molecule has 2 nitrogen and oxygen atoms in total. The minimum atomic E-state index is -5.01. The van der Waals surface area contributed by atoms with Crippen LogP contribution in [0.3, 0.4) is 0 Å². The van der Waals surface area contributed by atoms with Gasteiger partial charge in [-0.2, -0.15) is 13.2 Å². The summed E-state index contributed by atoms with van der Waals surface area (Å²) in [6.07, 6.45) is -5.01. The molecule has 0 aliphatic carbocycles. The lowest BCUT2D eigenvalue weighted by atomic mass is 10.3. The number of nitrogens with one attached hydrogen (secondary N) is 1. The van der Waals surface area contributed by atoms with Crippen LogP contribution in [0.4, 0.5) is 23.2 Å². The molecular formula is C8H3BrClF4NO. The summed E-state index contributed by atoms with van der Waals surface area (Å²) in [4.78, 5) is 10.6. The lowest BCUT2D eigenvalue weighted by Gasteiger charge is -2.10. The van der Waals surface area contributed by atoms with Crippen molar-refractivity contribution in [2.24, 2.45) is 0 Å². The summed E-state index contributed by atoms with van der Waals surface area (Å²) in [6, 6.07) is 1.74. The van der Waals surface area contributed by atoms with Gasteiger partial charge in [0, 0.05) is 4.47 Å². The Bertz CT molecular complexity index is 435. The fraction of sp³-hybridized carbons (Fsp3) is 0.125. The maximum Gasteiger partial charge on any atom is 0.471 e. The van der Waals surface area contributed by atoms with Crippen LogP contribution in [0.5, 0.6) is 0 Å². The number of carbonyl (C=O) groups is 1. The van der Waals surface area contributed by atoms with Crippen molar-refractivity contribution in [2.75, 3.05) is 5.32 Å². The predicted molar refractivity (Wildman–Crippen MR) is 53.8 cm³/mol. The Hall–Kier alpha value is -0.820. The van der Waals surface area contributed by atoms with E-state index in [1.807, 2.05) is 0 Å². The highest BCUT2D eigenvalue weighted by molar-refractivity contribution is 9.10. The molecule has 1 aromatic rings. The van der Waals surface area contributed by atoms with Crippen molar-refractivity contribution in [1.29, 1.82) is 0 Å². The van der Waals surface area contributed by atoms with Crippen molar-refractivity contribution in [3.63, 3.8) is 0 Å². The summed E-state index contributed by atoms with van der Waals surface area (Å²) in [7, 11) is 0. The Morgan fingerprint density at radius 3 is 2.44 bits per heavy atom. The smallest absolute Gasteiger partial charge is 0.317 e. The number of alkyl halides is 3. The summed E-state index contributed by atoms with van der Waals surface area (Å²) in [5.41, 5.74) is -0.256. The van der Waals surface area contributed by atoms with Gasteiger partial charge in [-0.25, -0.2) is 4.39 Å². The molecule has 0 saturated heterocycles. The van der Waals surface area contributed by atoms with E-state index in [1.165, 1.54) is 0 Å². The Balaban J connectivity index is 2.99. The van der Waals surface area contributed by atoms with Crippen molar-refractivity contribution in [3.05, 3.63) is 27.4 Å². The molecule has 1 rings (SSSR count). The number of benzene rings is 1. The lowest BCUT2D eigenvalue weighted by Crippen LogP contribution is -2.30. The molecule has 8 heteroatoms. The number of hydrogen-bond donors (Lipinski definition) is 1. The van der Waals surface area contributed by atoms with E-state index in [1.54, 1.807) is 5.32 Å². The Morgan fingerprint density at radius 2 is 1.94 bits per heavy atom. The van der Waals surface area contributed by atoms with Crippen molar-refractivity contribution in [1.82, 2.24) is 0 Å². The summed E-state index contributed by atoms with van der Waals surface area (Å²) in [5, 5.41) is 1.17. The molecule has 0 heterocycles. The van der Waals surface area contributed by atoms with Gasteiger partial charge < -0.3 is 5.32 Å². The zero-order valence-corrected chi connectivity index (χ0v) is 9.67. The molecule has 0 saturated carbocycles. The van der Waals surface area contributed by atoms with Gasteiger partial charge in [-0.1, -0.05) is 11.6 Å². The van der Waals surface area contributed by atoms with Gasteiger partial charge >= 0.3 is 12.1 Å². The van der Waals surface area contributed by atoms with Crippen LogP contribution < -0.4 is 5.32 Å². The molecule has 0 atom stereocenters. The molecule has 1 aromatic carbocycles. The van der Waals surface area contributed by atoms with Gasteiger partial charge in [0.15, 0.2) is 0 Å². The van der Waals surface area contributed by atoms with E-state index in [2.05, 4.69) is 15.9 Å². The van der Waals surface area contributed by atoms with Crippen molar-refractivity contribution < 1.29 is 22.4 Å². The molecule has 0 unspecified atom stereocenters. The molecular weight excluding hydrogens is 317 g/mol. The molecule has 16 heavy (non-hydrogen) atoms. The first kappa shape index (κ1) is 13.2. The van der Waals surface area contributed by atoms with Crippen LogP contribution in [-0.2, 0) is 4.79 Å². The molecule has 1 amide bonds. The molecule has 0 aromatic heterocycles. The van der Waals surface area contributed by atoms with Crippen LogP contribution in [0.25, 0.3) is 0 Å². The predicted octanol–water partition coefficient (Wildman–Crippen LogP) is 3.74. The first-order valence-electron chi connectivity index (χ1n) is 3.74. The highest BCUT2D eigenvalue weighted by atomic mass is 79.9. The van der Waals surface area contributed by atoms with Gasteiger partial charge in [0.05, 0.1) is 10.7 Å². The van der Waals surface area contributed by atoms with Crippen molar-refractivity contribution in [2.45, 2.75) is 6.18 Å². The fourth-order valence-electron chi connectivity index (χ4n) is 0.812. The molecule has 0 aliphatic heterocycles. The SMILES string of the molecule is O=C(Nc1cc(Cl)c(F)cc1Br)C(F)(F)F. The third-order valence-electron chi connectivity index (χ3n) is 1.52. The van der Waals surface area contributed by atoms with Gasteiger partial charge in [-0.05, 0) is 28.1 Å². The average Bonchev–Trinajstić information content (AvgIpc) is 2.12. The van der Waals surface area contributed by atoms with E-state index >= 15 is 0 Å². The lowest BCUT2D eigenvalue weighted by molar-refractivity contribution is -0.167.